The molecule has 0 saturated heterocycles. The van der Waals surface area contributed by atoms with Crippen LogP contribution in [0.3, 0.4) is 0 Å². The number of halogens is 9. The van der Waals surface area contributed by atoms with E-state index in [1.807, 2.05) is 5.32 Å². The molecule has 17 heteroatoms. The smallest absolute Gasteiger partial charge is 0.453 e. The predicted molar refractivity (Wildman–Crippen MR) is 112 cm³/mol. The molecule has 2 aromatic carbocycles. The van der Waals surface area contributed by atoms with Crippen LogP contribution in [0.1, 0.15) is 26.4 Å². The van der Waals surface area contributed by atoms with E-state index in [9.17, 15) is 44.7 Å². The highest BCUT2D eigenvalue weighted by Gasteiger charge is 2.38. The number of hydrogen-bond donors (Lipinski definition) is 2. The quantitative estimate of drug-likeness (QED) is 0.328. The first-order valence-electron chi connectivity index (χ1n) is 10.0. The van der Waals surface area contributed by atoms with Gasteiger partial charge in [-0.1, -0.05) is 0 Å². The normalized spacial score (nSPS) is 11.7. The van der Waals surface area contributed by atoms with Crippen molar-refractivity contribution in [1.29, 1.82) is 0 Å². The molecule has 0 aliphatic carbocycles. The first-order chi connectivity index (χ1) is 18.0. The molecule has 3 aromatic rings. The summed E-state index contributed by atoms with van der Waals surface area (Å²) in [4.78, 5) is 27.7. The van der Waals surface area contributed by atoms with Crippen LogP contribution >= 0.6 is 0 Å². The first-order valence-corrected chi connectivity index (χ1v) is 10.0. The lowest BCUT2D eigenvalue weighted by molar-refractivity contribution is -0.274. The zero-order valence-electron chi connectivity index (χ0n) is 18.7. The predicted octanol–water partition coefficient (Wildman–Crippen LogP) is 5.88. The Labute approximate surface area is 211 Å². The number of benzene rings is 2. The second kappa shape index (κ2) is 11.0. The van der Waals surface area contributed by atoms with E-state index in [4.69, 9.17) is 10.5 Å². The number of nitrogens with two attached hydrogens (primary N) is 1. The summed E-state index contributed by atoms with van der Waals surface area (Å²) < 4.78 is 131. The number of primary amides is 1. The number of carbonyl (C=O) groups excluding carboxylic acids is 2. The van der Waals surface area contributed by atoms with Gasteiger partial charge in [-0.25, -0.2) is 4.39 Å². The van der Waals surface area contributed by atoms with Gasteiger partial charge in [0, 0.05) is 18.0 Å². The number of nitrogens with zero attached hydrogens (tertiary/aromatic N) is 1. The van der Waals surface area contributed by atoms with Crippen LogP contribution in [0, 0.1) is 5.82 Å². The van der Waals surface area contributed by atoms with Gasteiger partial charge in [-0.15, -0.1) is 13.2 Å². The van der Waals surface area contributed by atoms with Gasteiger partial charge in [0.15, 0.2) is 17.3 Å². The lowest BCUT2D eigenvalue weighted by Crippen LogP contribution is -2.20. The molecule has 2 amide bonds. The van der Waals surface area contributed by atoms with Crippen molar-refractivity contribution in [3.63, 3.8) is 0 Å². The highest BCUT2D eigenvalue weighted by molar-refractivity contribution is 6.07. The number of nitrogens with one attached hydrogen (secondary N) is 1. The van der Waals surface area contributed by atoms with Crippen molar-refractivity contribution in [3.8, 4) is 23.0 Å². The highest BCUT2D eigenvalue weighted by Crippen LogP contribution is 2.41. The minimum Gasteiger partial charge on any atom is -0.453 e. The molecule has 3 rings (SSSR count). The fourth-order valence-corrected chi connectivity index (χ4v) is 2.99. The van der Waals surface area contributed by atoms with Gasteiger partial charge in [-0.2, -0.15) is 22.0 Å². The van der Waals surface area contributed by atoms with E-state index in [0.29, 0.717) is 24.3 Å². The van der Waals surface area contributed by atoms with E-state index >= 15 is 4.39 Å². The lowest BCUT2D eigenvalue weighted by atomic mass is 10.1. The summed E-state index contributed by atoms with van der Waals surface area (Å²) in [6.45, 7) is -3.62. The van der Waals surface area contributed by atoms with Crippen LogP contribution in [-0.4, -0.2) is 29.8 Å². The topological polar surface area (TPSA) is 113 Å². The second-order valence-electron chi connectivity index (χ2n) is 7.18. The zero-order valence-corrected chi connectivity index (χ0v) is 18.7. The average Bonchev–Trinajstić information content (AvgIpc) is 2.78. The molecule has 0 fully saturated rings. The van der Waals surface area contributed by atoms with Gasteiger partial charge in [0.25, 0.3) is 11.8 Å². The fraction of sp³-hybridized carbons (Fsp3) is 0.136. The number of ether oxygens (including phenoxy) is 3. The van der Waals surface area contributed by atoms with Crippen molar-refractivity contribution in [2.75, 3.05) is 5.32 Å². The monoisotopic (exact) mass is 569 g/mol. The molecular weight excluding hydrogens is 557 g/mol. The average molecular weight is 569 g/mol. The Morgan fingerprint density at radius 1 is 0.923 bits per heavy atom. The van der Waals surface area contributed by atoms with Gasteiger partial charge in [-0.05, 0) is 36.4 Å². The Bertz CT molecular complexity index is 1390. The van der Waals surface area contributed by atoms with Gasteiger partial charge >= 0.3 is 19.2 Å². The van der Waals surface area contributed by atoms with Crippen LogP contribution in [0.2, 0.25) is 0 Å². The van der Waals surface area contributed by atoms with Crippen LogP contribution in [0.15, 0.2) is 48.7 Å². The van der Waals surface area contributed by atoms with E-state index in [1.54, 1.807) is 0 Å². The summed E-state index contributed by atoms with van der Waals surface area (Å²) in [5.74, 6) is -8.71. The van der Waals surface area contributed by atoms with Crippen LogP contribution in [0.5, 0.6) is 23.0 Å². The van der Waals surface area contributed by atoms with Crippen molar-refractivity contribution in [1.82, 2.24) is 4.98 Å². The third-order valence-corrected chi connectivity index (χ3v) is 4.49. The van der Waals surface area contributed by atoms with Crippen molar-refractivity contribution in [2.45, 2.75) is 19.2 Å². The summed E-state index contributed by atoms with van der Waals surface area (Å²) >= 11 is 0. The molecule has 0 saturated carbocycles. The van der Waals surface area contributed by atoms with Crippen molar-refractivity contribution < 1.29 is 63.3 Å². The summed E-state index contributed by atoms with van der Waals surface area (Å²) in [5, 5.41) is 2.01. The van der Waals surface area contributed by atoms with Gasteiger partial charge in [0.2, 0.25) is 0 Å². The molecule has 3 N–H and O–H groups in total. The summed E-state index contributed by atoms with van der Waals surface area (Å²) in [6, 6.07) is 4.12. The SMILES string of the molecule is NC(=O)c1cc(NC(=O)c2c(Oc3ccc(OC(F)(F)F)cc3OC(F)F)ccc(C(F)(F)F)c2F)ccn1. The Balaban J connectivity index is 2.09. The minimum atomic E-state index is -5.30. The Morgan fingerprint density at radius 2 is 1.59 bits per heavy atom. The number of carbonyl (C=O) groups is 2. The third kappa shape index (κ3) is 7.42. The summed E-state index contributed by atoms with van der Waals surface area (Å²) in [6.07, 6.45) is -9.53. The van der Waals surface area contributed by atoms with Gasteiger partial charge in [-0.3, -0.25) is 14.6 Å². The van der Waals surface area contributed by atoms with Crippen LogP contribution in [0.4, 0.5) is 45.2 Å². The number of hydrogen-bond acceptors (Lipinski definition) is 6. The van der Waals surface area contributed by atoms with E-state index in [1.165, 1.54) is 0 Å². The molecule has 0 atom stereocenters. The van der Waals surface area contributed by atoms with E-state index < -0.39 is 70.9 Å². The molecular formula is C22H12F9N3O5. The number of rotatable bonds is 8. The molecule has 8 nitrogen and oxygen atoms in total. The molecule has 0 aliphatic rings. The molecule has 1 aromatic heterocycles. The fourth-order valence-electron chi connectivity index (χ4n) is 2.99. The molecule has 1 heterocycles. The van der Waals surface area contributed by atoms with Crippen molar-refractivity contribution in [2.24, 2.45) is 5.73 Å². The molecule has 0 unspecified atom stereocenters. The maximum atomic E-state index is 15.0. The largest absolute Gasteiger partial charge is 0.573 e. The highest BCUT2D eigenvalue weighted by atomic mass is 19.4. The van der Waals surface area contributed by atoms with Crippen LogP contribution < -0.4 is 25.3 Å². The standard InChI is InChI=1S/C22H12F9N3O5/c23-17-11(21(26,27)28)2-4-14(16(17)19(36)34-9-5-6-33-12(7-9)18(32)35)37-13-3-1-10(39-22(29,30)31)8-15(13)38-20(24)25/h1-8,20H,(H2,32,35)(H,33,34,36). The van der Waals surface area contributed by atoms with Gasteiger partial charge < -0.3 is 25.3 Å². The zero-order chi connectivity index (χ0) is 29.1. The maximum Gasteiger partial charge on any atom is 0.573 e. The third-order valence-electron chi connectivity index (χ3n) is 4.49. The molecule has 0 radical (unpaired) electrons. The number of alkyl halides is 8. The second-order valence-corrected chi connectivity index (χ2v) is 7.18. The molecule has 0 spiro atoms. The van der Waals surface area contributed by atoms with E-state index in [0.717, 1.165) is 18.3 Å². The van der Waals surface area contributed by atoms with E-state index in [-0.39, 0.29) is 17.4 Å². The van der Waals surface area contributed by atoms with Crippen molar-refractivity contribution >= 4 is 17.5 Å². The molecule has 39 heavy (non-hydrogen) atoms. The molecule has 0 bridgehead atoms. The van der Waals surface area contributed by atoms with Crippen LogP contribution in [-0.2, 0) is 6.18 Å². The summed E-state index contributed by atoms with van der Waals surface area (Å²) in [7, 11) is 0. The van der Waals surface area contributed by atoms with Gasteiger partial charge in [0.1, 0.15) is 22.8 Å². The first kappa shape index (κ1) is 28.9. The molecule has 0 aliphatic heterocycles. The van der Waals surface area contributed by atoms with Crippen LogP contribution in [0.25, 0.3) is 0 Å². The van der Waals surface area contributed by atoms with E-state index in [2.05, 4.69) is 14.5 Å². The van der Waals surface area contributed by atoms with Gasteiger partial charge in [0.05, 0.1) is 5.56 Å². The molecule has 208 valence electrons. The summed E-state index contributed by atoms with van der Waals surface area (Å²) in [5.41, 5.74) is 1.13. The number of aromatic nitrogens is 1. The minimum absolute atomic E-state index is 0.174. The Kier molecular flexibility index (Phi) is 8.11. The number of pyridine rings is 1. The number of anilines is 1. The van der Waals surface area contributed by atoms with Crippen molar-refractivity contribution in [3.05, 3.63) is 71.3 Å². The lowest BCUT2D eigenvalue weighted by Gasteiger charge is -2.18. The maximum absolute atomic E-state index is 15.0. The number of amides is 2. The Morgan fingerprint density at radius 3 is 2.18 bits per heavy atom. The Hall–Kier alpha value is -4.70.